The molecule has 4 nitrogen and oxygen atoms in total. The summed E-state index contributed by atoms with van der Waals surface area (Å²) in [6.07, 6.45) is 1.17. The van der Waals surface area contributed by atoms with Crippen molar-refractivity contribution in [2.45, 2.75) is 32.2 Å². The smallest absolute Gasteiger partial charge is 0.307 e. The van der Waals surface area contributed by atoms with Crippen LogP contribution in [0.1, 0.15) is 26.7 Å². The maximum absolute atomic E-state index is 11.2. The number of hydrogen-bond donors (Lipinski definition) is 1. The molecule has 0 aromatic carbocycles. The number of rotatable bonds is 7. The predicted molar refractivity (Wildman–Crippen MR) is 55.2 cm³/mol. The summed E-state index contributed by atoms with van der Waals surface area (Å²) in [5.41, 5.74) is -0.224. The summed E-state index contributed by atoms with van der Waals surface area (Å²) < 4.78 is 9.66. The third-order valence-corrected chi connectivity index (χ3v) is 2.22. The van der Waals surface area contributed by atoms with Crippen LogP contribution in [0.4, 0.5) is 0 Å². The van der Waals surface area contributed by atoms with E-state index in [0.29, 0.717) is 13.0 Å². The Bertz CT molecular complexity index is 173. The Hall–Kier alpha value is -0.610. The van der Waals surface area contributed by atoms with Gasteiger partial charge >= 0.3 is 5.97 Å². The maximum atomic E-state index is 11.2. The SMILES string of the molecule is CCNC(C)(CCOC)CC(=O)OC. The molecule has 0 spiro atoms. The third-order valence-electron chi connectivity index (χ3n) is 2.22. The van der Waals surface area contributed by atoms with Gasteiger partial charge < -0.3 is 14.8 Å². The highest BCUT2D eigenvalue weighted by molar-refractivity contribution is 5.70. The molecule has 0 aliphatic carbocycles. The third kappa shape index (κ3) is 5.19. The van der Waals surface area contributed by atoms with Gasteiger partial charge in [0.1, 0.15) is 0 Å². The molecule has 0 aliphatic rings. The molecule has 0 saturated heterocycles. The van der Waals surface area contributed by atoms with E-state index >= 15 is 0 Å². The minimum absolute atomic E-state index is 0.190. The van der Waals surface area contributed by atoms with Gasteiger partial charge in [-0.2, -0.15) is 0 Å². The number of methoxy groups -OCH3 is 2. The zero-order valence-corrected chi connectivity index (χ0v) is 9.55. The second kappa shape index (κ2) is 6.79. The van der Waals surface area contributed by atoms with Gasteiger partial charge in [-0.3, -0.25) is 4.79 Å². The first-order valence-corrected chi connectivity index (χ1v) is 4.88. The Morgan fingerprint density at radius 1 is 1.43 bits per heavy atom. The van der Waals surface area contributed by atoms with E-state index in [9.17, 15) is 4.79 Å². The largest absolute Gasteiger partial charge is 0.469 e. The highest BCUT2D eigenvalue weighted by atomic mass is 16.5. The van der Waals surface area contributed by atoms with E-state index in [2.05, 4.69) is 10.1 Å². The molecule has 0 aliphatic heterocycles. The molecule has 0 bridgehead atoms. The molecule has 0 radical (unpaired) electrons. The second-order valence-electron chi connectivity index (χ2n) is 3.59. The molecular formula is C10H21NO3. The Morgan fingerprint density at radius 3 is 2.50 bits per heavy atom. The van der Waals surface area contributed by atoms with Crippen LogP contribution in [-0.4, -0.2) is 38.9 Å². The zero-order chi connectivity index (χ0) is 11.0. The monoisotopic (exact) mass is 203 g/mol. The van der Waals surface area contributed by atoms with E-state index < -0.39 is 0 Å². The summed E-state index contributed by atoms with van der Waals surface area (Å²) >= 11 is 0. The Morgan fingerprint density at radius 2 is 2.07 bits per heavy atom. The van der Waals surface area contributed by atoms with Crippen molar-refractivity contribution in [3.63, 3.8) is 0 Å². The zero-order valence-electron chi connectivity index (χ0n) is 9.55. The van der Waals surface area contributed by atoms with Crippen molar-refractivity contribution < 1.29 is 14.3 Å². The van der Waals surface area contributed by atoms with E-state index in [0.717, 1.165) is 13.0 Å². The Kier molecular flexibility index (Phi) is 6.49. The van der Waals surface area contributed by atoms with Crippen LogP contribution in [-0.2, 0) is 14.3 Å². The molecular weight excluding hydrogens is 182 g/mol. The van der Waals surface area contributed by atoms with Gasteiger partial charge in [-0.25, -0.2) is 0 Å². The molecule has 14 heavy (non-hydrogen) atoms. The van der Waals surface area contributed by atoms with Crippen LogP contribution in [0.5, 0.6) is 0 Å². The van der Waals surface area contributed by atoms with Gasteiger partial charge in [0.2, 0.25) is 0 Å². The van der Waals surface area contributed by atoms with Crippen molar-refractivity contribution in [1.29, 1.82) is 0 Å². The maximum Gasteiger partial charge on any atom is 0.307 e. The van der Waals surface area contributed by atoms with Gasteiger partial charge in [0.15, 0.2) is 0 Å². The van der Waals surface area contributed by atoms with Crippen LogP contribution >= 0.6 is 0 Å². The summed E-state index contributed by atoms with van der Waals surface area (Å²) in [6, 6.07) is 0. The molecule has 0 amide bonds. The Balaban J connectivity index is 4.14. The minimum Gasteiger partial charge on any atom is -0.469 e. The number of carbonyl (C=O) groups excluding carboxylic acids is 1. The molecule has 0 rings (SSSR count). The van der Waals surface area contributed by atoms with E-state index in [-0.39, 0.29) is 11.5 Å². The van der Waals surface area contributed by atoms with Crippen molar-refractivity contribution in [2.75, 3.05) is 27.4 Å². The lowest BCUT2D eigenvalue weighted by Gasteiger charge is -2.29. The van der Waals surface area contributed by atoms with Gasteiger partial charge in [0.05, 0.1) is 13.5 Å². The highest BCUT2D eigenvalue weighted by Crippen LogP contribution is 2.15. The van der Waals surface area contributed by atoms with Crippen molar-refractivity contribution in [2.24, 2.45) is 0 Å². The first-order chi connectivity index (χ1) is 6.58. The fourth-order valence-corrected chi connectivity index (χ4v) is 1.38. The standard InChI is InChI=1S/C10H21NO3/c1-5-11-10(2,6-7-13-3)8-9(12)14-4/h11H,5-8H2,1-4H3. The summed E-state index contributed by atoms with van der Waals surface area (Å²) in [5.74, 6) is -0.190. The molecule has 1 atom stereocenters. The molecule has 1 N–H and O–H groups in total. The fraction of sp³-hybridized carbons (Fsp3) is 0.900. The van der Waals surface area contributed by atoms with Gasteiger partial charge in [-0.05, 0) is 19.9 Å². The van der Waals surface area contributed by atoms with E-state index in [1.165, 1.54) is 7.11 Å². The molecule has 0 fully saturated rings. The summed E-state index contributed by atoms with van der Waals surface area (Å²) in [7, 11) is 3.07. The quantitative estimate of drug-likeness (QED) is 0.626. The van der Waals surface area contributed by atoms with Crippen LogP contribution in [0.3, 0.4) is 0 Å². The molecule has 0 aromatic heterocycles. The first kappa shape index (κ1) is 13.4. The average Bonchev–Trinajstić information content (AvgIpc) is 2.15. The molecule has 0 heterocycles. The normalized spacial score (nSPS) is 14.9. The number of hydrogen-bond acceptors (Lipinski definition) is 4. The molecule has 0 saturated carbocycles. The average molecular weight is 203 g/mol. The number of nitrogens with one attached hydrogen (secondary N) is 1. The second-order valence-corrected chi connectivity index (χ2v) is 3.59. The fourth-order valence-electron chi connectivity index (χ4n) is 1.38. The van der Waals surface area contributed by atoms with Crippen molar-refractivity contribution in [3.05, 3.63) is 0 Å². The van der Waals surface area contributed by atoms with Gasteiger partial charge in [-0.1, -0.05) is 6.92 Å². The number of ether oxygens (including phenoxy) is 2. The van der Waals surface area contributed by atoms with E-state index in [1.807, 2.05) is 13.8 Å². The van der Waals surface area contributed by atoms with Gasteiger partial charge in [0, 0.05) is 19.3 Å². The van der Waals surface area contributed by atoms with Crippen LogP contribution in [0.2, 0.25) is 0 Å². The van der Waals surface area contributed by atoms with Crippen LogP contribution in [0.15, 0.2) is 0 Å². The van der Waals surface area contributed by atoms with Crippen molar-refractivity contribution in [1.82, 2.24) is 5.32 Å². The van der Waals surface area contributed by atoms with Crippen LogP contribution in [0, 0.1) is 0 Å². The minimum atomic E-state index is -0.224. The summed E-state index contributed by atoms with van der Waals surface area (Å²) in [6.45, 7) is 5.49. The molecule has 1 unspecified atom stereocenters. The lowest BCUT2D eigenvalue weighted by molar-refractivity contribution is -0.142. The van der Waals surface area contributed by atoms with Crippen LogP contribution in [0.25, 0.3) is 0 Å². The molecule has 4 heteroatoms. The van der Waals surface area contributed by atoms with E-state index in [1.54, 1.807) is 7.11 Å². The van der Waals surface area contributed by atoms with Gasteiger partial charge in [-0.15, -0.1) is 0 Å². The van der Waals surface area contributed by atoms with E-state index in [4.69, 9.17) is 4.74 Å². The van der Waals surface area contributed by atoms with Crippen LogP contribution < -0.4 is 5.32 Å². The number of esters is 1. The topological polar surface area (TPSA) is 47.6 Å². The molecule has 0 aromatic rings. The molecule has 84 valence electrons. The highest BCUT2D eigenvalue weighted by Gasteiger charge is 2.26. The van der Waals surface area contributed by atoms with Crippen molar-refractivity contribution >= 4 is 5.97 Å². The summed E-state index contributed by atoms with van der Waals surface area (Å²) in [5, 5.41) is 3.28. The first-order valence-electron chi connectivity index (χ1n) is 4.88. The van der Waals surface area contributed by atoms with Gasteiger partial charge in [0.25, 0.3) is 0 Å². The number of carbonyl (C=O) groups is 1. The summed E-state index contributed by atoms with van der Waals surface area (Å²) in [4.78, 5) is 11.2. The van der Waals surface area contributed by atoms with Crippen molar-refractivity contribution in [3.8, 4) is 0 Å². The lowest BCUT2D eigenvalue weighted by atomic mass is 9.94. The lowest BCUT2D eigenvalue weighted by Crippen LogP contribution is -2.45. The Labute approximate surface area is 86.0 Å². The predicted octanol–water partition coefficient (Wildman–Crippen LogP) is 0.954.